The van der Waals surface area contributed by atoms with Crippen LogP contribution in [0.3, 0.4) is 0 Å². The molecule has 0 bridgehead atoms. The zero-order valence-corrected chi connectivity index (χ0v) is 14.6. The van der Waals surface area contributed by atoms with E-state index in [1.807, 2.05) is 72.8 Å². The number of benzene rings is 2. The molecule has 0 saturated heterocycles. The lowest BCUT2D eigenvalue weighted by atomic mass is 9.82. The standard InChI is InChI=1S/C20H17N3O2S/c21-17-20(18(24)23-19(25)22-17)11-15(13-7-3-1-4-8-13)26-16(12-20)14-9-5-2-6-10-14/h1-12,19,25H,(H2,21,22)(H,23,24). The van der Waals surface area contributed by atoms with E-state index in [1.54, 1.807) is 11.8 Å². The lowest BCUT2D eigenvalue weighted by Gasteiger charge is -2.35. The van der Waals surface area contributed by atoms with Gasteiger partial charge in [0.2, 0.25) is 12.3 Å². The minimum atomic E-state index is -1.31. The Labute approximate surface area is 155 Å². The van der Waals surface area contributed by atoms with Gasteiger partial charge in [0.15, 0.2) is 0 Å². The van der Waals surface area contributed by atoms with Crippen LogP contribution in [-0.2, 0) is 4.79 Å². The van der Waals surface area contributed by atoms with Gasteiger partial charge in [0.25, 0.3) is 0 Å². The number of aliphatic hydroxyl groups excluding tert-OH is 1. The van der Waals surface area contributed by atoms with Gasteiger partial charge < -0.3 is 16.2 Å². The molecular formula is C20H17N3O2S. The van der Waals surface area contributed by atoms with Gasteiger partial charge >= 0.3 is 0 Å². The van der Waals surface area contributed by atoms with Crippen LogP contribution in [0.1, 0.15) is 11.1 Å². The molecule has 2 aliphatic rings. The minimum absolute atomic E-state index is 0.0795. The highest BCUT2D eigenvalue weighted by molar-refractivity contribution is 8.16. The molecule has 5 nitrogen and oxygen atoms in total. The Kier molecular flexibility index (Phi) is 4.14. The molecule has 0 saturated carbocycles. The quantitative estimate of drug-likeness (QED) is 0.765. The van der Waals surface area contributed by atoms with Crippen LogP contribution in [0.2, 0.25) is 0 Å². The van der Waals surface area contributed by atoms with Crippen molar-refractivity contribution in [3.8, 4) is 0 Å². The molecule has 0 aliphatic carbocycles. The van der Waals surface area contributed by atoms with Crippen molar-refractivity contribution in [1.29, 1.82) is 0 Å². The number of hydrogen-bond acceptors (Lipinski definition) is 5. The van der Waals surface area contributed by atoms with Gasteiger partial charge in [0, 0.05) is 9.81 Å². The van der Waals surface area contributed by atoms with Crippen LogP contribution in [-0.4, -0.2) is 23.2 Å². The fraction of sp³-hybridized carbons (Fsp3) is 0.100. The Morgan fingerprint density at radius 2 is 1.46 bits per heavy atom. The summed E-state index contributed by atoms with van der Waals surface area (Å²) in [7, 11) is 0. The van der Waals surface area contributed by atoms with Gasteiger partial charge in [-0.15, -0.1) is 0 Å². The number of rotatable bonds is 2. The molecule has 0 radical (unpaired) electrons. The van der Waals surface area contributed by atoms with E-state index in [9.17, 15) is 9.90 Å². The highest BCUT2D eigenvalue weighted by Crippen LogP contribution is 2.48. The molecule has 4 rings (SSSR count). The Balaban J connectivity index is 1.90. The van der Waals surface area contributed by atoms with E-state index in [0.29, 0.717) is 0 Å². The van der Waals surface area contributed by atoms with Crippen LogP contribution in [0.5, 0.6) is 0 Å². The van der Waals surface area contributed by atoms with E-state index >= 15 is 0 Å². The molecular weight excluding hydrogens is 346 g/mol. The van der Waals surface area contributed by atoms with Crippen LogP contribution in [0.15, 0.2) is 77.8 Å². The predicted molar refractivity (Wildman–Crippen MR) is 105 cm³/mol. The topological polar surface area (TPSA) is 87.7 Å². The monoisotopic (exact) mass is 363 g/mol. The molecule has 1 amide bonds. The molecule has 0 aromatic heterocycles. The number of amides is 1. The highest BCUT2D eigenvalue weighted by atomic mass is 32.2. The first-order valence-electron chi connectivity index (χ1n) is 8.16. The van der Waals surface area contributed by atoms with E-state index in [4.69, 9.17) is 5.73 Å². The Hall–Kier alpha value is -2.83. The summed E-state index contributed by atoms with van der Waals surface area (Å²) in [6, 6.07) is 19.7. The van der Waals surface area contributed by atoms with Crippen LogP contribution in [0.25, 0.3) is 9.81 Å². The highest BCUT2D eigenvalue weighted by Gasteiger charge is 2.45. The second-order valence-corrected chi connectivity index (χ2v) is 7.17. The number of thioether (sulfide) groups is 1. The van der Waals surface area contributed by atoms with E-state index in [-0.39, 0.29) is 11.7 Å². The Morgan fingerprint density at radius 3 is 1.92 bits per heavy atom. The fourth-order valence-corrected chi connectivity index (χ4v) is 4.26. The summed E-state index contributed by atoms with van der Waals surface area (Å²) < 4.78 is 0. The number of nitrogens with two attached hydrogens (primary N) is 1. The zero-order valence-electron chi connectivity index (χ0n) is 13.8. The van der Waals surface area contributed by atoms with E-state index in [1.165, 1.54) is 0 Å². The van der Waals surface area contributed by atoms with Crippen LogP contribution in [0, 0.1) is 5.41 Å². The molecule has 0 fully saturated rings. The third kappa shape index (κ3) is 2.83. The van der Waals surface area contributed by atoms with Crippen molar-refractivity contribution in [3.05, 3.63) is 83.9 Å². The second-order valence-electron chi connectivity index (χ2n) is 6.08. The third-order valence-corrected chi connectivity index (χ3v) is 5.52. The first kappa shape index (κ1) is 16.6. The van der Waals surface area contributed by atoms with Crippen molar-refractivity contribution in [1.82, 2.24) is 5.32 Å². The van der Waals surface area contributed by atoms with Gasteiger partial charge in [-0.25, -0.2) is 4.99 Å². The summed E-state index contributed by atoms with van der Waals surface area (Å²) >= 11 is 1.58. The van der Waals surface area contributed by atoms with Gasteiger partial charge in [-0.2, -0.15) is 0 Å². The molecule has 2 aromatic rings. The molecule has 2 aromatic carbocycles. The summed E-state index contributed by atoms with van der Waals surface area (Å²) in [5.74, 6) is -0.310. The van der Waals surface area contributed by atoms with Crippen LogP contribution in [0.4, 0.5) is 0 Å². The van der Waals surface area contributed by atoms with Crippen molar-refractivity contribution in [3.63, 3.8) is 0 Å². The van der Waals surface area contributed by atoms with E-state index in [2.05, 4.69) is 10.3 Å². The first-order valence-corrected chi connectivity index (χ1v) is 8.97. The van der Waals surface area contributed by atoms with Gasteiger partial charge in [0.1, 0.15) is 11.3 Å². The lowest BCUT2D eigenvalue weighted by Crippen LogP contribution is -2.55. The Bertz CT molecular complexity index is 881. The molecule has 2 heterocycles. The van der Waals surface area contributed by atoms with Crippen molar-refractivity contribution >= 4 is 33.3 Å². The number of carbonyl (C=O) groups is 1. The number of hydrogen-bond donors (Lipinski definition) is 3. The fourth-order valence-electron chi connectivity index (χ4n) is 3.02. The van der Waals surface area contributed by atoms with Crippen LogP contribution >= 0.6 is 11.8 Å². The predicted octanol–water partition coefficient (Wildman–Crippen LogP) is 2.56. The maximum Gasteiger partial charge on any atom is 0.245 e. The summed E-state index contributed by atoms with van der Waals surface area (Å²) in [6.07, 6.45) is 2.32. The van der Waals surface area contributed by atoms with Crippen LogP contribution < -0.4 is 11.1 Å². The molecule has 1 unspecified atom stereocenters. The molecule has 2 aliphatic heterocycles. The molecule has 1 atom stereocenters. The van der Waals surface area contributed by atoms with E-state index < -0.39 is 11.8 Å². The van der Waals surface area contributed by atoms with E-state index in [0.717, 1.165) is 20.9 Å². The minimum Gasteiger partial charge on any atom is -0.386 e. The summed E-state index contributed by atoms with van der Waals surface area (Å²) in [5, 5.41) is 12.1. The second kappa shape index (κ2) is 6.48. The number of carbonyl (C=O) groups excluding carboxylic acids is 1. The summed E-state index contributed by atoms with van der Waals surface area (Å²) in [5.41, 5.74) is 6.90. The zero-order chi connectivity index (χ0) is 18.1. The smallest absolute Gasteiger partial charge is 0.245 e. The van der Waals surface area contributed by atoms with Crippen molar-refractivity contribution < 1.29 is 9.90 Å². The van der Waals surface area contributed by atoms with Gasteiger partial charge in [-0.1, -0.05) is 72.4 Å². The number of aliphatic hydroxyl groups is 1. The average Bonchev–Trinajstić information content (AvgIpc) is 2.67. The lowest BCUT2D eigenvalue weighted by molar-refractivity contribution is -0.128. The van der Waals surface area contributed by atoms with Crippen molar-refractivity contribution in [2.75, 3.05) is 0 Å². The third-order valence-electron chi connectivity index (χ3n) is 4.38. The van der Waals surface area contributed by atoms with Crippen molar-refractivity contribution in [2.24, 2.45) is 16.1 Å². The summed E-state index contributed by atoms with van der Waals surface area (Å²) in [6.45, 7) is 0. The first-order chi connectivity index (χ1) is 12.6. The van der Waals surface area contributed by atoms with Gasteiger partial charge in [0.05, 0.1) is 0 Å². The van der Waals surface area contributed by atoms with Gasteiger partial charge in [-0.3, -0.25) is 4.79 Å². The maximum atomic E-state index is 12.8. The SMILES string of the molecule is NC1=NC(O)NC(=O)C12C=C(c1ccccc1)SC(c1ccccc1)=C2. The number of aliphatic imine (C=N–C) groups is 1. The normalized spacial score (nSPS) is 21.5. The Morgan fingerprint density at radius 1 is 0.962 bits per heavy atom. The van der Waals surface area contributed by atoms with Crippen molar-refractivity contribution in [2.45, 2.75) is 6.35 Å². The molecule has 26 heavy (non-hydrogen) atoms. The number of nitrogens with one attached hydrogen (secondary N) is 1. The molecule has 1 spiro atoms. The maximum absolute atomic E-state index is 12.8. The largest absolute Gasteiger partial charge is 0.386 e. The molecule has 130 valence electrons. The molecule has 6 heteroatoms. The summed E-state index contributed by atoms with van der Waals surface area (Å²) in [4.78, 5) is 18.6. The number of nitrogens with zero attached hydrogens (tertiary/aromatic N) is 1. The molecule has 4 N–H and O–H groups in total. The average molecular weight is 363 g/mol. The van der Waals surface area contributed by atoms with Gasteiger partial charge in [-0.05, 0) is 23.3 Å². The number of amidine groups is 1.